The predicted molar refractivity (Wildman–Crippen MR) is 115 cm³/mol. The van der Waals surface area contributed by atoms with E-state index in [1.165, 1.54) is 5.56 Å². The molecule has 0 saturated heterocycles. The lowest BCUT2D eigenvalue weighted by Crippen LogP contribution is -2.12. The number of hydrogen-bond acceptors (Lipinski definition) is 6. The Kier molecular flexibility index (Phi) is 4.31. The van der Waals surface area contributed by atoms with Gasteiger partial charge in [0.05, 0.1) is 11.3 Å². The number of aryl methyl sites for hydroxylation is 1. The lowest BCUT2D eigenvalue weighted by molar-refractivity contribution is 0.100. The van der Waals surface area contributed by atoms with Gasteiger partial charge in [-0.2, -0.15) is 0 Å². The van der Waals surface area contributed by atoms with Crippen LogP contribution in [0.1, 0.15) is 27.2 Å². The molecule has 150 valence electrons. The number of carbonyl (C=O) groups is 1. The summed E-state index contributed by atoms with van der Waals surface area (Å²) < 4.78 is 1.83. The van der Waals surface area contributed by atoms with Crippen LogP contribution in [0.5, 0.6) is 0 Å². The van der Waals surface area contributed by atoms with Crippen LogP contribution in [0, 0.1) is 6.92 Å². The Labute approximate surface area is 173 Å². The largest absolute Gasteiger partial charge is 0.369 e. The van der Waals surface area contributed by atoms with Gasteiger partial charge in [0.2, 0.25) is 0 Å². The summed E-state index contributed by atoms with van der Waals surface area (Å²) in [4.78, 5) is 26.0. The molecule has 1 aliphatic heterocycles. The molecule has 5 rings (SSSR count). The van der Waals surface area contributed by atoms with E-state index in [4.69, 9.17) is 15.7 Å². The summed E-state index contributed by atoms with van der Waals surface area (Å²) in [5.41, 5.74) is 10.1. The number of imidazole rings is 1. The van der Waals surface area contributed by atoms with Crippen LogP contribution in [0.25, 0.3) is 17.2 Å². The van der Waals surface area contributed by atoms with Crippen LogP contribution >= 0.6 is 0 Å². The second-order valence-electron chi connectivity index (χ2n) is 7.26. The molecule has 1 amide bonds. The molecule has 0 spiro atoms. The molecule has 0 saturated carbocycles. The van der Waals surface area contributed by atoms with E-state index >= 15 is 0 Å². The highest BCUT2D eigenvalue weighted by molar-refractivity contribution is 5.99. The van der Waals surface area contributed by atoms with Gasteiger partial charge in [-0.05, 0) is 31.0 Å². The van der Waals surface area contributed by atoms with E-state index < -0.39 is 5.91 Å². The number of pyridine rings is 1. The number of primary amides is 1. The van der Waals surface area contributed by atoms with Crippen LogP contribution in [0.15, 0.2) is 48.7 Å². The molecule has 0 radical (unpaired) electrons. The number of fused-ring (bicyclic) bond motifs is 2. The SMILES string of the molecule is Cc1nc2c(C(N)=O)cccn2c1-c1nc2c(c(NCc3ccccc3)n1)CCN2. The van der Waals surface area contributed by atoms with E-state index in [-0.39, 0.29) is 0 Å². The summed E-state index contributed by atoms with van der Waals surface area (Å²) in [6.07, 6.45) is 2.71. The van der Waals surface area contributed by atoms with Gasteiger partial charge in [-0.1, -0.05) is 30.3 Å². The minimum Gasteiger partial charge on any atom is -0.369 e. The first kappa shape index (κ1) is 18.1. The quantitative estimate of drug-likeness (QED) is 0.476. The van der Waals surface area contributed by atoms with Crippen LogP contribution in [-0.2, 0) is 13.0 Å². The Morgan fingerprint density at radius 3 is 2.80 bits per heavy atom. The number of carbonyl (C=O) groups excluding carboxylic acids is 1. The molecule has 4 heterocycles. The average molecular weight is 399 g/mol. The third-order valence-electron chi connectivity index (χ3n) is 5.28. The van der Waals surface area contributed by atoms with Crippen LogP contribution in [-0.4, -0.2) is 31.8 Å². The van der Waals surface area contributed by atoms with Crippen molar-refractivity contribution in [3.8, 4) is 11.5 Å². The molecular formula is C22H21N7O. The Morgan fingerprint density at radius 2 is 2.00 bits per heavy atom. The molecule has 0 atom stereocenters. The molecule has 0 fully saturated rings. The number of amides is 1. The van der Waals surface area contributed by atoms with Crippen molar-refractivity contribution in [2.45, 2.75) is 19.9 Å². The lowest BCUT2D eigenvalue weighted by atomic mass is 10.2. The molecule has 0 bridgehead atoms. The van der Waals surface area contributed by atoms with E-state index in [1.54, 1.807) is 12.1 Å². The molecule has 3 aromatic heterocycles. The molecule has 8 nitrogen and oxygen atoms in total. The summed E-state index contributed by atoms with van der Waals surface area (Å²) in [7, 11) is 0. The minimum absolute atomic E-state index is 0.369. The van der Waals surface area contributed by atoms with E-state index in [1.807, 2.05) is 35.7 Å². The summed E-state index contributed by atoms with van der Waals surface area (Å²) in [6.45, 7) is 3.38. The molecule has 1 aliphatic rings. The standard InChI is InChI=1S/C22H21N7O/c1-13-17(29-11-5-8-15(18(23)30)22(29)26-13)21-27-19-16(9-10-24-19)20(28-21)25-12-14-6-3-2-4-7-14/h2-8,11H,9-10,12H2,1H3,(H2,23,30)(H2,24,25,27,28). The number of nitrogens with one attached hydrogen (secondary N) is 2. The van der Waals surface area contributed by atoms with Crippen molar-refractivity contribution < 1.29 is 4.79 Å². The predicted octanol–water partition coefficient (Wildman–Crippen LogP) is 2.78. The molecule has 0 aliphatic carbocycles. The zero-order valence-corrected chi connectivity index (χ0v) is 16.5. The first-order valence-electron chi connectivity index (χ1n) is 9.82. The van der Waals surface area contributed by atoms with Crippen molar-refractivity contribution in [2.24, 2.45) is 5.73 Å². The Morgan fingerprint density at radius 1 is 1.17 bits per heavy atom. The summed E-state index contributed by atoms with van der Waals surface area (Å²) in [5.74, 6) is 1.67. The fraction of sp³-hybridized carbons (Fsp3) is 0.182. The second-order valence-corrected chi connectivity index (χ2v) is 7.26. The minimum atomic E-state index is -0.515. The maximum absolute atomic E-state index is 11.8. The lowest BCUT2D eigenvalue weighted by Gasteiger charge is -2.12. The fourth-order valence-corrected chi connectivity index (χ4v) is 3.85. The highest BCUT2D eigenvalue weighted by Crippen LogP contribution is 2.31. The second kappa shape index (κ2) is 7.14. The van der Waals surface area contributed by atoms with Crippen molar-refractivity contribution in [3.63, 3.8) is 0 Å². The first-order valence-corrected chi connectivity index (χ1v) is 9.82. The third kappa shape index (κ3) is 3.02. The van der Waals surface area contributed by atoms with E-state index in [0.29, 0.717) is 23.6 Å². The smallest absolute Gasteiger partial charge is 0.252 e. The van der Waals surface area contributed by atoms with Gasteiger partial charge in [0.15, 0.2) is 5.82 Å². The van der Waals surface area contributed by atoms with Gasteiger partial charge in [0.1, 0.15) is 23.0 Å². The number of hydrogen-bond donors (Lipinski definition) is 3. The highest BCUT2D eigenvalue weighted by atomic mass is 16.1. The van der Waals surface area contributed by atoms with Gasteiger partial charge in [-0.3, -0.25) is 9.20 Å². The van der Waals surface area contributed by atoms with Gasteiger partial charge in [-0.25, -0.2) is 15.0 Å². The summed E-state index contributed by atoms with van der Waals surface area (Å²) >= 11 is 0. The topological polar surface area (TPSA) is 110 Å². The van der Waals surface area contributed by atoms with Crippen molar-refractivity contribution in [1.29, 1.82) is 0 Å². The zero-order chi connectivity index (χ0) is 20.7. The van der Waals surface area contributed by atoms with Gasteiger partial charge in [0, 0.05) is 24.8 Å². The molecule has 4 N–H and O–H groups in total. The maximum Gasteiger partial charge on any atom is 0.252 e. The van der Waals surface area contributed by atoms with Gasteiger partial charge in [-0.15, -0.1) is 0 Å². The van der Waals surface area contributed by atoms with E-state index in [9.17, 15) is 4.79 Å². The number of nitrogens with two attached hydrogens (primary N) is 1. The number of nitrogens with zero attached hydrogens (tertiary/aromatic N) is 4. The maximum atomic E-state index is 11.8. The van der Waals surface area contributed by atoms with Crippen molar-refractivity contribution in [2.75, 3.05) is 17.2 Å². The molecule has 4 aromatic rings. The number of benzene rings is 1. The molecule has 0 unspecified atom stereocenters. The Balaban J connectivity index is 1.61. The molecule has 8 heteroatoms. The molecule has 30 heavy (non-hydrogen) atoms. The first-order chi connectivity index (χ1) is 14.6. The van der Waals surface area contributed by atoms with E-state index in [0.717, 1.165) is 41.6 Å². The van der Waals surface area contributed by atoms with Gasteiger partial charge < -0.3 is 16.4 Å². The number of rotatable bonds is 5. The number of anilines is 2. The normalized spacial score (nSPS) is 12.6. The third-order valence-corrected chi connectivity index (χ3v) is 5.28. The van der Waals surface area contributed by atoms with Crippen molar-refractivity contribution in [3.05, 3.63) is 71.0 Å². The monoisotopic (exact) mass is 399 g/mol. The highest BCUT2D eigenvalue weighted by Gasteiger charge is 2.23. The molecule has 1 aromatic carbocycles. The van der Waals surface area contributed by atoms with Gasteiger partial charge >= 0.3 is 0 Å². The summed E-state index contributed by atoms with van der Waals surface area (Å²) in [6, 6.07) is 13.6. The average Bonchev–Trinajstić information content (AvgIpc) is 3.35. The summed E-state index contributed by atoms with van der Waals surface area (Å²) in [5, 5.41) is 6.81. The number of aromatic nitrogens is 4. The van der Waals surface area contributed by atoms with Crippen molar-refractivity contribution in [1.82, 2.24) is 19.4 Å². The fourth-order valence-electron chi connectivity index (χ4n) is 3.85. The Bertz CT molecular complexity index is 1260. The Hall–Kier alpha value is -3.94. The van der Waals surface area contributed by atoms with Crippen LogP contribution in [0.2, 0.25) is 0 Å². The van der Waals surface area contributed by atoms with Gasteiger partial charge in [0.25, 0.3) is 5.91 Å². The van der Waals surface area contributed by atoms with Crippen molar-refractivity contribution >= 4 is 23.2 Å². The van der Waals surface area contributed by atoms with E-state index in [2.05, 4.69) is 27.8 Å². The molecular weight excluding hydrogens is 378 g/mol. The van der Waals surface area contributed by atoms with Crippen LogP contribution in [0.4, 0.5) is 11.6 Å². The van der Waals surface area contributed by atoms with Crippen LogP contribution < -0.4 is 16.4 Å². The van der Waals surface area contributed by atoms with Crippen LogP contribution in [0.3, 0.4) is 0 Å². The zero-order valence-electron chi connectivity index (χ0n) is 16.5.